The number of nitrogens with zero attached hydrogens (tertiary/aromatic N) is 2. The van der Waals surface area contributed by atoms with Crippen molar-refractivity contribution >= 4 is 11.6 Å². The van der Waals surface area contributed by atoms with Gasteiger partial charge in [-0.15, -0.1) is 0 Å². The lowest BCUT2D eigenvalue weighted by atomic mass is 9.76. The Morgan fingerprint density at radius 3 is 2.61 bits per heavy atom. The van der Waals surface area contributed by atoms with Crippen molar-refractivity contribution in [3.8, 4) is 17.0 Å². The number of rotatable bonds is 6. The van der Waals surface area contributed by atoms with Crippen molar-refractivity contribution in [3.63, 3.8) is 0 Å². The fourth-order valence-corrected chi connectivity index (χ4v) is 5.35. The molecule has 1 aliphatic heterocycles. The molecule has 2 aromatic heterocycles. The van der Waals surface area contributed by atoms with E-state index in [9.17, 15) is 18.0 Å². The summed E-state index contributed by atoms with van der Waals surface area (Å²) < 4.78 is 55.4. The average molecular weight is 527 g/mol. The number of pyridine rings is 2. The van der Waals surface area contributed by atoms with E-state index in [0.717, 1.165) is 49.1 Å². The van der Waals surface area contributed by atoms with E-state index < -0.39 is 34.6 Å². The molecule has 5 rings (SSSR count). The molecule has 3 N–H and O–H groups in total. The maximum Gasteiger partial charge on any atom is 0.274 e. The predicted molar refractivity (Wildman–Crippen MR) is 135 cm³/mol. The highest BCUT2D eigenvalue weighted by atomic mass is 19.1. The largest absolute Gasteiger partial charge is 0.488 e. The molecule has 1 unspecified atom stereocenters. The number of carbonyl (C=O) groups excluding carboxylic acids is 1. The third kappa shape index (κ3) is 5.66. The zero-order valence-electron chi connectivity index (χ0n) is 20.9. The van der Waals surface area contributed by atoms with Gasteiger partial charge in [0.1, 0.15) is 40.7 Å². The SMILES string of the molecule is C[C@@H]1C[C@H](N)C[C@H](c2ccncc2NC(=O)c2ccc(F)c(-c3c(F)cc(OC4CCOC4)cc3F)n2)C1. The van der Waals surface area contributed by atoms with Crippen molar-refractivity contribution in [2.45, 2.75) is 50.7 Å². The van der Waals surface area contributed by atoms with Crippen LogP contribution < -0.4 is 15.8 Å². The zero-order valence-corrected chi connectivity index (χ0v) is 20.9. The first-order valence-electron chi connectivity index (χ1n) is 12.7. The van der Waals surface area contributed by atoms with Crippen LogP contribution >= 0.6 is 0 Å². The summed E-state index contributed by atoms with van der Waals surface area (Å²) in [5.41, 5.74) is 6.13. The quantitative estimate of drug-likeness (QED) is 0.458. The summed E-state index contributed by atoms with van der Waals surface area (Å²) in [5.74, 6) is -3.19. The van der Waals surface area contributed by atoms with E-state index in [4.69, 9.17) is 15.2 Å². The van der Waals surface area contributed by atoms with Gasteiger partial charge in [-0.3, -0.25) is 9.78 Å². The normalized spacial score (nSPS) is 23.3. The van der Waals surface area contributed by atoms with Gasteiger partial charge in [0.2, 0.25) is 0 Å². The molecule has 1 aromatic carbocycles. The average Bonchev–Trinajstić information content (AvgIpc) is 3.37. The maximum absolute atomic E-state index is 15.0. The van der Waals surface area contributed by atoms with Gasteiger partial charge in [-0.25, -0.2) is 18.2 Å². The molecule has 0 bridgehead atoms. The van der Waals surface area contributed by atoms with Gasteiger partial charge in [0, 0.05) is 30.8 Å². The van der Waals surface area contributed by atoms with Crippen LogP contribution in [0.4, 0.5) is 18.9 Å². The Labute approximate surface area is 218 Å². The molecule has 3 aromatic rings. The second-order valence-electron chi connectivity index (χ2n) is 10.1. The molecule has 1 aliphatic carbocycles. The molecule has 1 saturated carbocycles. The highest BCUT2D eigenvalue weighted by molar-refractivity contribution is 6.03. The highest BCUT2D eigenvalue weighted by Gasteiger charge is 2.28. The topological polar surface area (TPSA) is 99.4 Å². The number of benzene rings is 1. The van der Waals surface area contributed by atoms with Gasteiger partial charge in [0.15, 0.2) is 0 Å². The van der Waals surface area contributed by atoms with Crippen LogP contribution in [0.15, 0.2) is 42.7 Å². The molecule has 10 heteroatoms. The number of nitrogens with two attached hydrogens (primary N) is 1. The number of carbonyl (C=O) groups is 1. The van der Waals surface area contributed by atoms with E-state index >= 15 is 0 Å². The molecule has 38 heavy (non-hydrogen) atoms. The lowest BCUT2D eigenvalue weighted by Crippen LogP contribution is -2.31. The fraction of sp³-hybridized carbons (Fsp3) is 0.393. The first kappa shape index (κ1) is 26.1. The molecule has 1 saturated heterocycles. The monoisotopic (exact) mass is 526 g/mol. The summed E-state index contributed by atoms with van der Waals surface area (Å²) >= 11 is 0. The molecule has 200 valence electrons. The molecule has 0 radical (unpaired) electrons. The van der Waals surface area contributed by atoms with Crippen LogP contribution in [-0.4, -0.2) is 41.2 Å². The fourth-order valence-electron chi connectivity index (χ4n) is 5.35. The van der Waals surface area contributed by atoms with Crippen LogP contribution in [0.3, 0.4) is 0 Å². The van der Waals surface area contributed by atoms with Crippen LogP contribution in [0, 0.1) is 23.4 Å². The van der Waals surface area contributed by atoms with Gasteiger partial charge in [0.05, 0.1) is 30.7 Å². The van der Waals surface area contributed by atoms with E-state index in [-0.39, 0.29) is 29.5 Å². The van der Waals surface area contributed by atoms with Crippen LogP contribution in [0.2, 0.25) is 0 Å². The molecule has 4 atom stereocenters. The van der Waals surface area contributed by atoms with Crippen LogP contribution in [0.5, 0.6) is 5.75 Å². The number of nitrogens with one attached hydrogen (secondary N) is 1. The van der Waals surface area contributed by atoms with Crippen molar-refractivity contribution in [2.24, 2.45) is 11.7 Å². The Kier molecular flexibility index (Phi) is 7.62. The van der Waals surface area contributed by atoms with Gasteiger partial charge in [-0.1, -0.05) is 6.92 Å². The molecule has 0 spiro atoms. The molecule has 3 heterocycles. The van der Waals surface area contributed by atoms with Crippen molar-refractivity contribution < 1.29 is 27.4 Å². The molecule has 1 amide bonds. The summed E-state index contributed by atoms with van der Waals surface area (Å²) in [4.78, 5) is 21.2. The van der Waals surface area contributed by atoms with Crippen LogP contribution in [-0.2, 0) is 4.74 Å². The van der Waals surface area contributed by atoms with Gasteiger partial charge >= 0.3 is 0 Å². The van der Waals surface area contributed by atoms with E-state index in [1.165, 1.54) is 6.20 Å². The number of amides is 1. The van der Waals surface area contributed by atoms with Gasteiger partial charge in [-0.05, 0) is 54.9 Å². The number of halogens is 3. The molecule has 2 aliphatic rings. The van der Waals surface area contributed by atoms with Crippen LogP contribution in [0.25, 0.3) is 11.3 Å². The summed E-state index contributed by atoms with van der Waals surface area (Å²) in [5, 5.41) is 2.78. The number of hydrogen-bond donors (Lipinski definition) is 2. The lowest BCUT2D eigenvalue weighted by Gasteiger charge is -2.32. The number of aromatic nitrogens is 2. The van der Waals surface area contributed by atoms with E-state index in [2.05, 4.69) is 22.2 Å². The molecule has 7 nitrogen and oxygen atoms in total. The Morgan fingerprint density at radius 1 is 1.11 bits per heavy atom. The Hall–Kier alpha value is -3.50. The first-order valence-corrected chi connectivity index (χ1v) is 12.7. The van der Waals surface area contributed by atoms with Crippen LogP contribution in [0.1, 0.15) is 54.6 Å². The highest BCUT2D eigenvalue weighted by Crippen LogP contribution is 2.38. The van der Waals surface area contributed by atoms with E-state index in [1.54, 1.807) is 6.20 Å². The Morgan fingerprint density at radius 2 is 1.89 bits per heavy atom. The first-order chi connectivity index (χ1) is 18.3. The van der Waals surface area contributed by atoms with Gasteiger partial charge in [0.25, 0.3) is 5.91 Å². The Balaban J connectivity index is 1.40. The second-order valence-corrected chi connectivity index (χ2v) is 10.1. The maximum atomic E-state index is 15.0. The Bertz CT molecular complexity index is 1300. The smallest absolute Gasteiger partial charge is 0.274 e. The molecular formula is C28H29F3N4O3. The minimum atomic E-state index is -1.06. The summed E-state index contributed by atoms with van der Waals surface area (Å²) in [6.07, 6.45) is 6.13. The zero-order chi connectivity index (χ0) is 26.8. The van der Waals surface area contributed by atoms with Crippen molar-refractivity contribution in [1.82, 2.24) is 9.97 Å². The summed E-state index contributed by atoms with van der Waals surface area (Å²) in [7, 11) is 0. The predicted octanol–water partition coefficient (Wildman–Crippen LogP) is 5.21. The summed E-state index contributed by atoms with van der Waals surface area (Å²) in [6, 6.07) is 5.99. The number of ether oxygens (including phenoxy) is 2. The third-order valence-corrected chi connectivity index (χ3v) is 7.04. The molecular weight excluding hydrogens is 497 g/mol. The van der Waals surface area contributed by atoms with E-state index in [1.807, 2.05) is 6.07 Å². The standard InChI is InChI=1S/C28H29F3N4O3/c1-15-8-16(10-17(32)9-15)20-4-6-33-13-25(20)35-28(36)24-3-2-21(29)27(34-24)26-22(30)11-19(12-23(26)31)38-18-5-7-37-14-18/h2-4,6,11-13,15-18H,5,7-10,14,32H2,1H3,(H,35,36)/t15-,16+,17-,18?/m0/s1. The van der Waals surface area contributed by atoms with Gasteiger partial charge < -0.3 is 20.5 Å². The molecule has 2 fully saturated rings. The minimum Gasteiger partial charge on any atom is -0.488 e. The van der Waals surface area contributed by atoms with Crippen molar-refractivity contribution in [2.75, 3.05) is 18.5 Å². The summed E-state index contributed by atoms with van der Waals surface area (Å²) in [6.45, 7) is 2.98. The second kappa shape index (κ2) is 11.1. The van der Waals surface area contributed by atoms with Gasteiger partial charge in [-0.2, -0.15) is 0 Å². The van der Waals surface area contributed by atoms with Crippen molar-refractivity contribution in [3.05, 3.63) is 71.4 Å². The lowest BCUT2D eigenvalue weighted by molar-refractivity contribution is 0.102. The number of anilines is 1. The minimum absolute atomic E-state index is 0.0330. The van der Waals surface area contributed by atoms with E-state index in [0.29, 0.717) is 31.2 Å². The van der Waals surface area contributed by atoms with Crippen molar-refractivity contribution in [1.29, 1.82) is 0 Å². The number of hydrogen-bond acceptors (Lipinski definition) is 6. The third-order valence-electron chi connectivity index (χ3n) is 7.04.